The number of hydrogen-bond acceptors (Lipinski definition) is 2. The van der Waals surface area contributed by atoms with Crippen LogP contribution in [-0.2, 0) is 13.2 Å². The van der Waals surface area contributed by atoms with Crippen molar-refractivity contribution in [1.29, 1.82) is 0 Å². The highest BCUT2D eigenvalue weighted by atomic mass is 79.9. The fraction of sp³-hybridized carbons (Fsp3) is 0.294. The summed E-state index contributed by atoms with van der Waals surface area (Å²) in [4.78, 5) is 0. The van der Waals surface area contributed by atoms with Gasteiger partial charge >= 0.3 is 0 Å². The average molecular weight is 352 g/mol. The van der Waals surface area contributed by atoms with Crippen LogP contribution in [0.15, 0.2) is 46.9 Å². The molecule has 2 aromatic carbocycles. The summed E-state index contributed by atoms with van der Waals surface area (Å²) >= 11 is 3.15. The molecule has 21 heavy (non-hydrogen) atoms. The summed E-state index contributed by atoms with van der Waals surface area (Å²) in [7, 11) is 0. The van der Waals surface area contributed by atoms with Gasteiger partial charge in [0.05, 0.1) is 4.47 Å². The third kappa shape index (κ3) is 5.14. The van der Waals surface area contributed by atoms with Crippen molar-refractivity contribution in [3.8, 4) is 5.75 Å². The van der Waals surface area contributed by atoms with Gasteiger partial charge in [-0.05, 0) is 45.3 Å². The molecule has 2 rings (SSSR count). The Hall–Kier alpha value is -1.39. The van der Waals surface area contributed by atoms with Crippen LogP contribution in [0.1, 0.15) is 25.0 Å². The Morgan fingerprint density at radius 1 is 1.10 bits per heavy atom. The molecule has 0 amide bonds. The van der Waals surface area contributed by atoms with Crippen LogP contribution in [0.5, 0.6) is 5.75 Å². The van der Waals surface area contributed by atoms with E-state index in [9.17, 15) is 4.39 Å². The van der Waals surface area contributed by atoms with E-state index in [4.69, 9.17) is 4.74 Å². The Labute approximate surface area is 133 Å². The minimum absolute atomic E-state index is 0.288. The molecule has 0 fully saturated rings. The van der Waals surface area contributed by atoms with Crippen molar-refractivity contribution in [2.45, 2.75) is 33.0 Å². The van der Waals surface area contributed by atoms with Crippen molar-refractivity contribution in [3.63, 3.8) is 0 Å². The molecule has 0 radical (unpaired) electrons. The second-order valence-corrected chi connectivity index (χ2v) is 6.07. The van der Waals surface area contributed by atoms with E-state index in [1.807, 2.05) is 0 Å². The third-order valence-electron chi connectivity index (χ3n) is 3.03. The minimum atomic E-state index is -0.288. The normalized spacial score (nSPS) is 10.9. The standard InChI is InChI=1S/C17H19BrFNO/c1-12(2)20-10-13-3-5-14(6-4-13)11-21-15-7-8-17(19)16(18)9-15/h3-9,12,20H,10-11H2,1-2H3. The zero-order chi connectivity index (χ0) is 15.2. The molecule has 0 bridgehead atoms. The van der Waals surface area contributed by atoms with Gasteiger partial charge in [0.25, 0.3) is 0 Å². The first-order chi connectivity index (χ1) is 10.0. The lowest BCUT2D eigenvalue weighted by atomic mass is 10.1. The Kier molecular flexibility index (Phi) is 5.76. The molecule has 0 aliphatic rings. The van der Waals surface area contributed by atoms with E-state index in [2.05, 4.69) is 59.4 Å². The zero-order valence-corrected chi connectivity index (χ0v) is 13.8. The van der Waals surface area contributed by atoms with Gasteiger partial charge < -0.3 is 10.1 Å². The van der Waals surface area contributed by atoms with Crippen LogP contribution in [0.25, 0.3) is 0 Å². The van der Waals surface area contributed by atoms with Crippen LogP contribution in [0.4, 0.5) is 4.39 Å². The summed E-state index contributed by atoms with van der Waals surface area (Å²) in [6.07, 6.45) is 0. The summed E-state index contributed by atoms with van der Waals surface area (Å²) in [5.74, 6) is 0.359. The smallest absolute Gasteiger partial charge is 0.137 e. The molecule has 0 saturated heterocycles. The van der Waals surface area contributed by atoms with Gasteiger partial charge in [-0.25, -0.2) is 4.39 Å². The largest absolute Gasteiger partial charge is 0.489 e. The molecule has 0 heterocycles. The molecule has 0 aliphatic carbocycles. The van der Waals surface area contributed by atoms with Crippen molar-refractivity contribution in [2.75, 3.05) is 0 Å². The lowest BCUT2D eigenvalue weighted by molar-refractivity contribution is 0.305. The van der Waals surface area contributed by atoms with Crippen LogP contribution in [0.2, 0.25) is 0 Å². The molecule has 0 atom stereocenters. The van der Waals surface area contributed by atoms with E-state index in [0.29, 0.717) is 22.9 Å². The van der Waals surface area contributed by atoms with Gasteiger partial charge in [0.2, 0.25) is 0 Å². The molecule has 2 nitrogen and oxygen atoms in total. The predicted molar refractivity (Wildman–Crippen MR) is 86.8 cm³/mol. The summed E-state index contributed by atoms with van der Waals surface area (Å²) in [6.45, 7) is 5.59. The lowest BCUT2D eigenvalue weighted by Gasteiger charge is -2.10. The molecule has 4 heteroatoms. The van der Waals surface area contributed by atoms with E-state index in [-0.39, 0.29) is 5.82 Å². The van der Waals surface area contributed by atoms with Crippen molar-refractivity contribution in [1.82, 2.24) is 5.32 Å². The van der Waals surface area contributed by atoms with Gasteiger partial charge in [-0.2, -0.15) is 0 Å². The van der Waals surface area contributed by atoms with Crippen LogP contribution in [-0.4, -0.2) is 6.04 Å². The van der Waals surface area contributed by atoms with E-state index in [1.165, 1.54) is 11.6 Å². The first-order valence-electron chi connectivity index (χ1n) is 6.93. The van der Waals surface area contributed by atoms with E-state index >= 15 is 0 Å². The molecule has 1 N–H and O–H groups in total. The van der Waals surface area contributed by atoms with Gasteiger partial charge in [-0.3, -0.25) is 0 Å². The Balaban J connectivity index is 1.89. The quantitative estimate of drug-likeness (QED) is 0.816. The highest BCUT2D eigenvalue weighted by Gasteiger charge is 2.02. The van der Waals surface area contributed by atoms with Gasteiger partial charge in [-0.1, -0.05) is 38.1 Å². The lowest BCUT2D eigenvalue weighted by Crippen LogP contribution is -2.21. The highest BCUT2D eigenvalue weighted by Crippen LogP contribution is 2.22. The summed E-state index contributed by atoms with van der Waals surface area (Å²) < 4.78 is 19.2. The maximum atomic E-state index is 13.1. The fourth-order valence-corrected chi connectivity index (χ4v) is 2.17. The maximum Gasteiger partial charge on any atom is 0.137 e. The van der Waals surface area contributed by atoms with Gasteiger partial charge in [-0.15, -0.1) is 0 Å². The number of benzene rings is 2. The second kappa shape index (κ2) is 7.57. The number of rotatable bonds is 6. The number of hydrogen-bond donors (Lipinski definition) is 1. The SMILES string of the molecule is CC(C)NCc1ccc(COc2ccc(F)c(Br)c2)cc1. The average Bonchev–Trinajstić information content (AvgIpc) is 2.47. The van der Waals surface area contributed by atoms with E-state index < -0.39 is 0 Å². The van der Waals surface area contributed by atoms with Crippen LogP contribution >= 0.6 is 15.9 Å². The molecule has 2 aromatic rings. The van der Waals surface area contributed by atoms with E-state index in [1.54, 1.807) is 12.1 Å². The van der Waals surface area contributed by atoms with Crippen LogP contribution in [0, 0.1) is 5.82 Å². The molecule has 112 valence electrons. The molecular weight excluding hydrogens is 333 g/mol. The summed E-state index contributed by atoms with van der Waals surface area (Å²) in [5, 5.41) is 3.38. The van der Waals surface area contributed by atoms with Crippen molar-refractivity contribution in [2.24, 2.45) is 0 Å². The summed E-state index contributed by atoms with van der Waals surface area (Å²) in [6, 6.07) is 13.4. The predicted octanol–water partition coefficient (Wildman–Crippen LogP) is 4.67. The Morgan fingerprint density at radius 2 is 1.76 bits per heavy atom. The van der Waals surface area contributed by atoms with Crippen molar-refractivity contribution in [3.05, 3.63) is 63.9 Å². The van der Waals surface area contributed by atoms with Gasteiger partial charge in [0.1, 0.15) is 18.2 Å². The van der Waals surface area contributed by atoms with Crippen LogP contribution < -0.4 is 10.1 Å². The first kappa shape index (κ1) is 16.0. The molecule has 0 aliphatic heterocycles. The molecule has 0 unspecified atom stereocenters. The number of nitrogens with one attached hydrogen (secondary N) is 1. The summed E-state index contributed by atoms with van der Waals surface area (Å²) in [5.41, 5.74) is 2.33. The number of ether oxygens (including phenoxy) is 1. The Bertz CT molecular complexity index is 584. The van der Waals surface area contributed by atoms with Crippen molar-refractivity contribution < 1.29 is 9.13 Å². The van der Waals surface area contributed by atoms with E-state index in [0.717, 1.165) is 12.1 Å². The molecule has 0 saturated carbocycles. The molecule has 0 aromatic heterocycles. The monoisotopic (exact) mass is 351 g/mol. The van der Waals surface area contributed by atoms with Crippen molar-refractivity contribution >= 4 is 15.9 Å². The van der Waals surface area contributed by atoms with Crippen LogP contribution in [0.3, 0.4) is 0 Å². The maximum absolute atomic E-state index is 13.1. The van der Waals surface area contributed by atoms with Gasteiger partial charge in [0.15, 0.2) is 0 Å². The fourth-order valence-electron chi connectivity index (χ4n) is 1.81. The zero-order valence-electron chi connectivity index (χ0n) is 12.2. The molecule has 0 spiro atoms. The minimum Gasteiger partial charge on any atom is -0.489 e. The van der Waals surface area contributed by atoms with Gasteiger partial charge in [0, 0.05) is 12.6 Å². The third-order valence-corrected chi connectivity index (χ3v) is 3.64. The Morgan fingerprint density at radius 3 is 2.38 bits per heavy atom. The number of halogens is 2. The topological polar surface area (TPSA) is 21.3 Å². The highest BCUT2D eigenvalue weighted by molar-refractivity contribution is 9.10. The first-order valence-corrected chi connectivity index (χ1v) is 7.73. The molecular formula is C17H19BrFNO. The second-order valence-electron chi connectivity index (χ2n) is 5.22.